The maximum absolute atomic E-state index is 13.2. The average molecular weight is 577 g/mol. The fourth-order valence-electron chi connectivity index (χ4n) is 7.46. The van der Waals surface area contributed by atoms with Gasteiger partial charge < -0.3 is 4.98 Å². The van der Waals surface area contributed by atoms with Crippen LogP contribution in [0.1, 0.15) is 77.8 Å². The molecule has 2 fully saturated rings. The van der Waals surface area contributed by atoms with E-state index in [4.69, 9.17) is 0 Å². The highest BCUT2D eigenvalue weighted by atomic mass is 32.1. The van der Waals surface area contributed by atoms with E-state index in [-0.39, 0.29) is 0 Å². The van der Waals surface area contributed by atoms with Crippen molar-refractivity contribution in [2.75, 3.05) is 6.54 Å². The number of fused-ring (bicyclic) bond motifs is 4. The highest BCUT2D eigenvalue weighted by Gasteiger charge is 2.46. The number of aromatic nitrogens is 5. The van der Waals surface area contributed by atoms with E-state index in [0.29, 0.717) is 40.5 Å². The maximum Gasteiger partial charge on any atom is 0.321 e. The van der Waals surface area contributed by atoms with E-state index < -0.39 is 12.1 Å². The fraction of sp³-hybridized carbons (Fsp3) is 0.452. The molecule has 1 aliphatic carbocycles. The fourth-order valence-corrected chi connectivity index (χ4v) is 8.89. The molecule has 2 unspecified atom stereocenters. The number of halogens is 2. The van der Waals surface area contributed by atoms with Gasteiger partial charge in [-0.3, -0.25) is 14.3 Å². The number of rotatable bonds is 6. The Morgan fingerprint density at radius 2 is 1.95 bits per heavy atom. The van der Waals surface area contributed by atoms with Crippen molar-refractivity contribution in [1.82, 2.24) is 29.0 Å². The van der Waals surface area contributed by atoms with Crippen LogP contribution in [0.5, 0.6) is 0 Å². The van der Waals surface area contributed by atoms with E-state index >= 15 is 0 Å². The lowest BCUT2D eigenvalue weighted by atomic mass is 9.88. The molecule has 214 valence electrons. The molecule has 3 atom stereocenters. The van der Waals surface area contributed by atoms with Crippen molar-refractivity contribution in [2.45, 2.75) is 78.4 Å². The summed E-state index contributed by atoms with van der Waals surface area (Å²) in [6.45, 7) is 9.58. The van der Waals surface area contributed by atoms with Crippen LogP contribution in [0.15, 0.2) is 35.6 Å². The second-order valence-electron chi connectivity index (χ2n) is 12.1. The third kappa shape index (κ3) is 4.01. The van der Waals surface area contributed by atoms with Crippen LogP contribution in [0.25, 0.3) is 27.1 Å². The molecule has 5 aromatic heterocycles. The number of hydrogen-bond acceptors (Lipinski definition) is 5. The van der Waals surface area contributed by atoms with E-state index in [1.165, 1.54) is 37.5 Å². The number of nitrogens with zero attached hydrogens (tertiary/aromatic N) is 5. The highest BCUT2D eigenvalue weighted by molar-refractivity contribution is 7.19. The molecule has 7 nitrogen and oxygen atoms in total. The van der Waals surface area contributed by atoms with Crippen molar-refractivity contribution in [3.05, 3.63) is 73.9 Å². The molecule has 0 spiro atoms. The minimum absolute atomic E-state index is 0.338. The first-order valence-corrected chi connectivity index (χ1v) is 15.1. The maximum atomic E-state index is 13.2. The smallest absolute Gasteiger partial charge is 0.321 e. The van der Waals surface area contributed by atoms with Crippen molar-refractivity contribution >= 4 is 27.2 Å². The molecule has 5 aromatic rings. The largest absolute Gasteiger partial charge is 0.346 e. The quantitative estimate of drug-likeness (QED) is 0.238. The van der Waals surface area contributed by atoms with Gasteiger partial charge in [-0.1, -0.05) is 19.9 Å². The Hall–Kier alpha value is -3.37. The zero-order valence-electron chi connectivity index (χ0n) is 23.9. The zero-order chi connectivity index (χ0) is 28.7. The van der Waals surface area contributed by atoms with Gasteiger partial charge >= 0.3 is 6.55 Å². The van der Waals surface area contributed by atoms with Gasteiger partial charge in [0.2, 0.25) is 0 Å². The minimum Gasteiger partial charge on any atom is -0.346 e. The number of aryl methyl sites for hydroxylation is 2. The number of piperidine rings is 1. The van der Waals surface area contributed by atoms with Gasteiger partial charge in [0.25, 0.3) is 5.56 Å². The first-order chi connectivity index (χ1) is 19.6. The van der Waals surface area contributed by atoms with Gasteiger partial charge in [-0.15, -0.1) is 11.3 Å². The summed E-state index contributed by atoms with van der Waals surface area (Å²) >= 11 is 1.89. The number of hydrogen-bond donors (Lipinski definition) is 1. The molecule has 41 heavy (non-hydrogen) atoms. The Morgan fingerprint density at radius 3 is 2.66 bits per heavy atom. The molecule has 0 amide bonds. The molecule has 1 aliphatic heterocycles. The van der Waals surface area contributed by atoms with Crippen LogP contribution in [-0.2, 0) is 6.54 Å². The molecule has 6 heterocycles. The monoisotopic (exact) mass is 576 g/mol. The van der Waals surface area contributed by atoms with Crippen molar-refractivity contribution in [1.29, 1.82) is 0 Å². The summed E-state index contributed by atoms with van der Waals surface area (Å²) in [6, 6.07) is 3.60. The molecule has 1 saturated heterocycles. The van der Waals surface area contributed by atoms with Crippen LogP contribution in [0, 0.1) is 26.7 Å². The van der Waals surface area contributed by atoms with Crippen LogP contribution in [0.2, 0.25) is 0 Å². The highest BCUT2D eigenvalue weighted by Crippen LogP contribution is 2.53. The second kappa shape index (κ2) is 9.59. The first-order valence-electron chi connectivity index (χ1n) is 14.3. The zero-order valence-corrected chi connectivity index (χ0v) is 24.7. The van der Waals surface area contributed by atoms with E-state index in [1.807, 2.05) is 15.9 Å². The predicted molar refractivity (Wildman–Crippen MR) is 158 cm³/mol. The summed E-state index contributed by atoms with van der Waals surface area (Å²) in [5.74, 6) is 1.32. The standard InChI is InChI=1S/C31H34F2N6OS/c1-15(2)24-25-18(5)27(41-29(25)36-26(24)23-13-39-28(34-14-35-39)17(4)16(23)3)22-10-21-9-20(22)12-37(21)11-19-7-6-8-38(30(19)40)31(32)33/h6-8,13-15,20-22,31,36H,9-12H2,1-5H3/t20?,21?,22-/m1/s1. The molecular weight excluding hydrogens is 542 g/mol. The third-order valence-corrected chi connectivity index (χ3v) is 10.9. The van der Waals surface area contributed by atoms with Crippen LogP contribution in [-0.4, -0.2) is 41.6 Å². The van der Waals surface area contributed by atoms with Crippen molar-refractivity contribution in [2.24, 2.45) is 5.92 Å². The van der Waals surface area contributed by atoms with Gasteiger partial charge in [-0.2, -0.15) is 13.9 Å². The van der Waals surface area contributed by atoms with Crippen LogP contribution in [0.4, 0.5) is 8.78 Å². The number of aromatic amines is 1. The molecule has 0 aromatic carbocycles. The van der Waals surface area contributed by atoms with E-state index in [1.54, 1.807) is 18.5 Å². The number of pyridine rings is 2. The number of H-pyrrole nitrogens is 1. The summed E-state index contributed by atoms with van der Waals surface area (Å²) < 4.78 is 28.9. The van der Waals surface area contributed by atoms with Crippen molar-refractivity contribution in [3.63, 3.8) is 0 Å². The third-order valence-electron chi connectivity index (χ3n) is 9.56. The lowest BCUT2D eigenvalue weighted by molar-refractivity contribution is 0.0655. The van der Waals surface area contributed by atoms with Crippen LogP contribution in [0.3, 0.4) is 0 Å². The summed E-state index contributed by atoms with van der Waals surface area (Å²) in [5, 5.41) is 5.77. The second-order valence-corrected chi connectivity index (χ2v) is 13.2. The molecule has 1 N–H and O–H groups in total. The lowest BCUT2D eigenvalue weighted by Crippen LogP contribution is -2.36. The van der Waals surface area contributed by atoms with E-state index in [2.05, 4.69) is 60.8 Å². The van der Waals surface area contributed by atoms with E-state index in [9.17, 15) is 13.6 Å². The molecule has 1 saturated carbocycles. The summed E-state index contributed by atoms with van der Waals surface area (Å²) in [6.07, 6.45) is 6.99. The number of nitrogens with one attached hydrogen (secondary N) is 1. The summed E-state index contributed by atoms with van der Waals surface area (Å²) in [5.41, 5.74) is 8.16. The number of likely N-dealkylation sites (tertiary alicyclic amines) is 1. The Labute approximate surface area is 240 Å². The normalized spacial score (nSPS) is 21.0. The Kier molecular flexibility index (Phi) is 6.20. The van der Waals surface area contributed by atoms with Gasteiger partial charge in [-0.25, -0.2) is 9.50 Å². The lowest BCUT2D eigenvalue weighted by Gasteiger charge is -2.31. The van der Waals surface area contributed by atoms with Gasteiger partial charge in [0.15, 0.2) is 5.65 Å². The molecular formula is C31H34F2N6OS. The molecule has 7 rings (SSSR count). The van der Waals surface area contributed by atoms with Gasteiger partial charge in [0, 0.05) is 52.9 Å². The average Bonchev–Trinajstić information content (AvgIpc) is 3.74. The number of alkyl halides is 2. The molecule has 10 heteroatoms. The van der Waals surface area contributed by atoms with Crippen molar-refractivity contribution in [3.8, 4) is 11.3 Å². The Bertz CT molecular complexity index is 1860. The topological polar surface area (TPSA) is 71.2 Å². The minimum atomic E-state index is -2.82. The molecule has 0 radical (unpaired) electrons. The summed E-state index contributed by atoms with van der Waals surface area (Å²) in [4.78, 5) is 25.8. The summed E-state index contributed by atoms with van der Waals surface area (Å²) in [7, 11) is 0. The first kappa shape index (κ1) is 26.5. The Balaban J connectivity index is 1.20. The molecule has 2 bridgehead atoms. The number of thiophene rings is 1. The van der Waals surface area contributed by atoms with E-state index in [0.717, 1.165) is 42.4 Å². The van der Waals surface area contributed by atoms with Gasteiger partial charge in [0.1, 0.15) is 11.2 Å². The SMILES string of the molecule is Cc1c(-c2[nH]c3sc([C@@H]4CC5CC4CN5Cc4cccn(C(F)F)c4=O)c(C)c3c2C(C)C)cn2ncnc2c1C. The predicted octanol–water partition coefficient (Wildman–Crippen LogP) is 6.92. The Morgan fingerprint density at radius 1 is 1.15 bits per heavy atom. The van der Waals surface area contributed by atoms with Gasteiger partial charge in [0.05, 0.1) is 5.69 Å². The van der Waals surface area contributed by atoms with Crippen molar-refractivity contribution < 1.29 is 8.78 Å². The molecule has 2 aliphatic rings. The van der Waals surface area contributed by atoms with Crippen LogP contribution < -0.4 is 5.56 Å². The van der Waals surface area contributed by atoms with Crippen LogP contribution >= 0.6 is 11.3 Å². The van der Waals surface area contributed by atoms with Gasteiger partial charge in [-0.05, 0) is 79.7 Å².